The minimum absolute atomic E-state index is 0.0214. The third kappa shape index (κ3) is 8.99. The number of piperidine rings is 1. The molecule has 1 unspecified atom stereocenters. The van der Waals surface area contributed by atoms with Gasteiger partial charge in [0.25, 0.3) is 0 Å². The number of thioether (sulfide) groups is 1. The fourth-order valence-corrected chi connectivity index (χ4v) is 5.58. The number of methoxy groups -OCH3 is 1. The van der Waals surface area contributed by atoms with Crippen molar-refractivity contribution in [3.05, 3.63) is 24.3 Å². The first-order chi connectivity index (χ1) is 15.2. The Morgan fingerprint density at radius 3 is 2.21 bits per heavy atom. The first kappa shape index (κ1) is 27.7. The molecule has 1 aliphatic heterocycles. The number of halogens is 3. The van der Waals surface area contributed by atoms with Gasteiger partial charge in [0, 0.05) is 31.7 Å². The second-order valence-corrected chi connectivity index (χ2v) is 11.8. The Morgan fingerprint density at radius 1 is 1.15 bits per heavy atom. The minimum Gasteiger partial charge on any atom is -0.490 e. The molecule has 188 valence electrons. The van der Waals surface area contributed by atoms with Gasteiger partial charge in [0.2, 0.25) is 10.0 Å². The van der Waals surface area contributed by atoms with Gasteiger partial charge < -0.3 is 14.2 Å². The van der Waals surface area contributed by atoms with E-state index >= 15 is 0 Å². The molecule has 1 aromatic carbocycles. The van der Waals surface area contributed by atoms with E-state index in [1.807, 2.05) is 0 Å². The van der Waals surface area contributed by atoms with Gasteiger partial charge in [-0.1, -0.05) is 0 Å². The van der Waals surface area contributed by atoms with Crippen LogP contribution in [0.1, 0.15) is 40.0 Å². The minimum atomic E-state index is -4.36. The van der Waals surface area contributed by atoms with E-state index in [0.29, 0.717) is 18.6 Å². The molecule has 0 aliphatic carbocycles. The molecule has 0 N–H and O–H groups in total. The molecule has 0 spiro atoms. The molecule has 1 heterocycles. The Kier molecular flexibility index (Phi) is 9.49. The maximum absolute atomic E-state index is 13.2. The first-order valence-corrected chi connectivity index (χ1v) is 12.8. The van der Waals surface area contributed by atoms with Crippen molar-refractivity contribution in [3.63, 3.8) is 0 Å². The number of ether oxygens (including phenoxy) is 3. The van der Waals surface area contributed by atoms with Gasteiger partial charge >= 0.3 is 11.5 Å². The summed E-state index contributed by atoms with van der Waals surface area (Å²) in [6.07, 6.45) is 0.441. The zero-order valence-corrected chi connectivity index (χ0v) is 20.7. The van der Waals surface area contributed by atoms with Gasteiger partial charge in [-0.15, -0.1) is 0 Å². The molecule has 0 aromatic heterocycles. The van der Waals surface area contributed by atoms with Gasteiger partial charge in [0.05, 0.1) is 0 Å². The Labute approximate surface area is 197 Å². The molecule has 12 heteroatoms. The lowest BCUT2D eigenvalue weighted by Gasteiger charge is -2.34. The van der Waals surface area contributed by atoms with Crippen molar-refractivity contribution >= 4 is 27.8 Å². The Morgan fingerprint density at radius 2 is 1.73 bits per heavy atom. The van der Waals surface area contributed by atoms with E-state index in [-0.39, 0.29) is 48.9 Å². The molecule has 0 bridgehead atoms. The van der Waals surface area contributed by atoms with Gasteiger partial charge in [0.15, 0.2) is 5.25 Å². The van der Waals surface area contributed by atoms with Crippen molar-refractivity contribution in [1.29, 1.82) is 0 Å². The zero-order chi connectivity index (χ0) is 24.9. The maximum Gasteiger partial charge on any atom is 0.446 e. The second-order valence-electron chi connectivity index (χ2n) is 8.58. The molecule has 1 fully saturated rings. The third-order valence-electron chi connectivity index (χ3n) is 4.73. The van der Waals surface area contributed by atoms with E-state index in [9.17, 15) is 26.4 Å². The highest BCUT2D eigenvalue weighted by molar-refractivity contribution is 8.00. The van der Waals surface area contributed by atoms with E-state index in [1.165, 1.54) is 35.7 Å². The van der Waals surface area contributed by atoms with Crippen molar-refractivity contribution in [2.24, 2.45) is 0 Å². The van der Waals surface area contributed by atoms with Crippen LogP contribution < -0.4 is 4.74 Å². The summed E-state index contributed by atoms with van der Waals surface area (Å²) in [6.45, 7) is 5.40. The van der Waals surface area contributed by atoms with Crippen LogP contribution in [0.25, 0.3) is 0 Å². The van der Waals surface area contributed by atoms with Crippen LogP contribution in [-0.4, -0.2) is 68.0 Å². The summed E-state index contributed by atoms with van der Waals surface area (Å²) in [5.74, 6) is -0.399. The molecule has 0 amide bonds. The molecule has 1 aromatic rings. The average molecular weight is 514 g/mol. The summed E-state index contributed by atoms with van der Waals surface area (Å²) >= 11 is -0.203. The number of esters is 1. The largest absolute Gasteiger partial charge is 0.490 e. The predicted molar refractivity (Wildman–Crippen MR) is 119 cm³/mol. The van der Waals surface area contributed by atoms with Crippen LogP contribution in [0, 0.1) is 0 Å². The lowest BCUT2D eigenvalue weighted by molar-refractivity contribution is -0.154. The molecule has 1 aliphatic rings. The Hall–Kier alpha value is -1.50. The molecule has 1 atom stereocenters. The summed E-state index contributed by atoms with van der Waals surface area (Å²) in [7, 11) is -2.55. The number of nitrogens with zero attached hydrogens (tertiary/aromatic N) is 1. The first-order valence-electron chi connectivity index (χ1n) is 10.4. The molecule has 0 radical (unpaired) electrons. The van der Waals surface area contributed by atoms with Crippen LogP contribution in [-0.2, 0) is 24.3 Å². The molecular weight excluding hydrogens is 483 g/mol. The number of hydrogen-bond donors (Lipinski definition) is 0. The van der Waals surface area contributed by atoms with Gasteiger partial charge in [-0.3, -0.25) is 4.79 Å². The number of rotatable bonds is 9. The Balaban J connectivity index is 1.98. The fourth-order valence-electron chi connectivity index (χ4n) is 3.28. The van der Waals surface area contributed by atoms with Crippen LogP contribution in [0.3, 0.4) is 0 Å². The van der Waals surface area contributed by atoms with Crippen molar-refractivity contribution in [2.75, 3.05) is 26.8 Å². The highest BCUT2D eigenvalue weighted by Crippen LogP contribution is 2.37. The van der Waals surface area contributed by atoms with E-state index in [4.69, 9.17) is 14.2 Å². The summed E-state index contributed by atoms with van der Waals surface area (Å²) < 4.78 is 81.1. The van der Waals surface area contributed by atoms with Gasteiger partial charge in [0.1, 0.15) is 17.5 Å². The van der Waals surface area contributed by atoms with E-state index in [2.05, 4.69) is 0 Å². The van der Waals surface area contributed by atoms with Crippen LogP contribution in [0.5, 0.6) is 5.75 Å². The fraction of sp³-hybridized carbons (Fsp3) is 0.667. The van der Waals surface area contributed by atoms with E-state index in [0.717, 1.165) is 0 Å². The van der Waals surface area contributed by atoms with Crippen LogP contribution in [0.4, 0.5) is 13.2 Å². The lowest BCUT2D eigenvalue weighted by atomic mass is 10.1. The number of hydrogen-bond acceptors (Lipinski definition) is 7. The second kappa shape index (κ2) is 11.3. The number of benzene rings is 1. The normalized spacial score (nSPS) is 17.5. The average Bonchev–Trinajstić information content (AvgIpc) is 2.67. The standard InChI is InChI=1S/C21H30F3NO6S2/c1-20(2,3)31-19(26)18(11-14-29-4)33(27,28)25-12-9-16(10-13-25)30-15-5-7-17(8-6-15)32-21(22,23)24/h5-8,16,18H,9-14H2,1-4H3. The van der Waals surface area contributed by atoms with Gasteiger partial charge in [-0.2, -0.15) is 13.2 Å². The zero-order valence-electron chi connectivity index (χ0n) is 19.1. The smallest absolute Gasteiger partial charge is 0.446 e. The van der Waals surface area contributed by atoms with E-state index in [1.54, 1.807) is 20.8 Å². The van der Waals surface area contributed by atoms with E-state index < -0.39 is 32.4 Å². The predicted octanol–water partition coefficient (Wildman–Crippen LogP) is 4.22. The van der Waals surface area contributed by atoms with Crippen molar-refractivity contribution < 1.29 is 40.6 Å². The molecule has 0 saturated carbocycles. The van der Waals surface area contributed by atoms with Crippen molar-refractivity contribution in [3.8, 4) is 5.75 Å². The summed E-state index contributed by atoms with van der Waals surface area (Å²) in [4.78, 5) is 12.6. The summed E-state index contributed by atoms with van der Waals surface area (Å²) in [5.41, 5.74) is -5.19. The van der Waals surface area contributed by atoms with Crippen LogP contribution >= 0.6 is 11.8 Å². The van der Waals surface area contributed by atoms with Gasteiger partial charge in [-0.25, -0.2) is 12.7 Å². The molecule has 1 saturated heterocycles. The maximum atomic E-state index is 13.2. The van der Waals surface area contributed by atoms with Crippen molar-refractivity contribution in [2.45, 2.75) is 67.4 Å². The van der Waals surface area contributed by atoms with Crippen LogP contribution in [0.15, 0.2) is 29.2 Å². The molecule has 7 nitrogen and oxygen atoms in total. The van der Waals surface area contributed by atoms with Gasteiger partial charge in [-0.05, 0) is 76.1 Å². The SMILES string of the molecule is COCCC(C(=O)OC(C)(C)C)S(=O)(=O)N1CCC(Oc2ccc(SC(F)(F)F)cc2)CC1. The molecule has 33 heavy (non-hydrogen) atoms. The summed E-state index contributed by atoms with van der Waals surface area (Å²) in [5, 5.41) is -1.37. The number of sulfonamides is 1. The monoisotopic (exact) mass is 513 g/mol. The molecular formula is C21H30F3NO6S2. The highest BCUT2D eigenvalue weighted by Gasteiger charge is 2.41. The third-order valence-corrected chi connectivity index (χ3v) is 7.71. The highest BCUT2D eigenvalue weighted by atomic mass is 32.2. The van der Waals surface area contributed by atoms with Crippen molar-refractivity contribution in [1.82, 2.24) is 4.31 Å². The number of alkyl halides is 3. The lowest BCUT2D eigenvalue weighted by Crippen LogP contribution is -2.49. The number of carbonyl (C=O) groups is 1. The topological polar surface area (TPSA) is 82.1 Å². The summed E-state index contributed by atoms with van der Waals surface area (Å²) in [6, 6.07) is 5.57. The Bertz CT molecular complexity index is 877. The molecule has 2 rings (SSSR count). The van der Waals surface area contributed by atoms with Crippen LogP contribution in [0.2, 0.25) is 0 Å². The number of carbonyl (C=O) groups excluding carboxylic acids is 1. The quantitative estimate of drug-likeness (QED) is 0.361.